The third-order valence-electron chi connectivity index (χ3n) is 3.76. The Bertz CT molecular complexity index is 751. The normalized spacial score (nSPS) is 13.0. The van der Waals surface area contributed by atoms with Gasteiger partial charge in [-0.05, 0) is 67.8 Å². The number of nitrogens with one attached hydrogen (secondary N) is 2. The van der Waals surface area contributed by atoms with Crippen LogP contribution in [-0.4, -0.2) is 94.5 Å². The Hall–Kier alpha value is -0.0500. The van der Waals surface area contributed by atoms with E-state index in [-0.39, 0.29) is 24.2 Å². The van der Waals surface area contributed by atoms with Crippen LogP contribution in [0, 0.1) is 10.7 Å². The Balaban J connectivity index is 3.47. The summed E-state index contributed by atoms with van der Waals surface area (Å²) < 4.78 is 1.30. The minimum absolute atomic E-state index is 0.111. The van der Waals surface area contributed by atoms with Gasteiger partial charge < -0.3 is 41.1 Å². The highest BCUT2D eigenvalue weighted by molar-refractivity contribution is 14.1. The molecule has 0 aliphatic heterocycles. The smallest absolute Gasteiger partial charge is 0.255 e. The molecule has 0 saturated carbocycles. The van der Waals surface area contributed by atoms with Crippen LogP contribution in [-0.2, 0) is 0 Å². The molecule has 0 spiro atoms. The van der Waals surface area contributed by atoms with Gasteiger partial charge in [0.25, 0.3) is 11.8 Å². The van der Waals surface area contributed by atoms with Gasteiger partial charge in [-0.1, -0.05) is 0 Å². The SMILES string of the molecule is CN(CC(O)CO)C(=O)c1c(I)c(NCO)c(I)c(C(=O)NCC(O)CO)c1I. The zero-order valence-electron chi connectivity index (χ0n) is 15.3. The number of carbonyl (C=O) groups is 2. The van der Waals surface area contributed by atoms with Crippen LogP contribution in [0.4, 0.5) is 5.69 Å². The van der Waals surface area contributed by atoms with E-state index in [1.807, 2.05) is 67.8 Å². The molecule has 2 unspecified atom stereocenters. The first kappa shape index (κ1) is 27.0. The van der Waals surface area contributed by atoms with Gasteiger partial charge in [-0.2, -0.15) is 0 Å². The van der Waals surface area contributed by atoms with E-state index in [9.17, 15) is 24.9 Å². The van der Waals surface area contributed by atoms with E-state index in [2.05, 4.69) is 10.6 Å². The van der Waals surface area contributed by atoms with Crippen molar-refractivity contribution in [2.24, 2.45) is 0 Å². The molecule has 0 bridgehead atoms. The highest BCUT2D eigenvalue weighted by atomic mass is 127. The molecule has 29 heavy (non-hydrogen) atoms. The van der Waals surface area contributed by atoms with E-state index < -0.39 is 44.0 Å². The molecule has 1 aromatic carbocycles. The zero-order valence-corrected chi connectivity index (χ0v) is 21.8. The maximum absolute atomic E-state index is 13.0. The Morgan fingerprint density at radius 1 is 0.966 bits per heavy atom. The van der Waals surface area contributed by atoms with Crippen LogP contribution >= 0.6 is 67.8 Å². The molecule has 0 aliphatic rings. The molecule has 7 N–H and O–H groups in total. The first-order valence-corrected chi connectivity index (χ1v) is 11.5. The van der Waals surface area contributed by atoms with E-state index in [0.717, 1.165) is 0 Å². The van der Waals surface area contributed by atoms with Gasteiger partial charge in [0.15, 0.2) is 0 Å². The van der Waals surface area contributed by atoms with Crippen molar-refractivity contribution in [1.29, 1.82) is 0 Å². The minimum Gasteiger partial charge on any atom is -0.394 e. The second kappa shape index (κ2) is 12.7. The summed E-state index contributed by atoms with van der Waals surface area (Å²) in [6.45, 7) is -1.73. The van der Waals surface area contributed by atoms with E-state index in [0.29, 0.717) is 16.4 Å². The molecule has 0 aromatic heterocycles. The predicted molar refractivity (Wildman–Crippen MR) is 131 cm³/mol. The molecule has 164 valence electrons. The summed E-state index contributed by atoms with van der Waals surface area (Å²) in [5.74, 6) is -1.04. The van der Waals surface area contributed by atoms with Gasteiger partial charge in [0.2, 0.25) is 0 Å². The largest absolute Gasteiger partial charge is 0.394 e. The second-order valence-electron chi connectivity index (χ2n) is 5.97. The average molecular weight is 749 g/mol. The molecular weight excluding hydrogens is 727 g/mol. The first-order chi connectivity index (χ1) is 13.6. The highest BCUT2D eigenvalue weighted by Gasteiger charge is 2.29. The highest BCUT2D eigenvalue weighted by Crippen LogP contribution is 2.36. The first-order valence-electron chi connectivity index (χ1n) is 8.27. The van der Waals surface area contributed by atoms with Crippen LogP contribution < -0.4 is 10.6 Å². The summed E-state index contributed by atoms with van der Waals surface area (Å²) in [5, 5.41) is 51.6. The summed E-state index contributed by atoms with van der Waals surface area (Å²) in [5.41, 5.74) is 0.761. The maximum Gasteiger partial charge on any atom is 0.255 e. The fourth-order valence-corrected chi connectivity index (χ4v) is 6.80. The third-order valence-corrected chi connectivity index (χ3v) is 7.00. The summed E-state index contributed by atoms with van der Waals surface area (Å²) in [6.07, 6.45) is -2.23. The van der Waals surface area contributed by atoms with Crippen molar-refractivity contribution < 1.29 is 35.1 Å². The van der Waals surface area contributed by atoms with Crippen LogP contribution in [0.2, 0.25) is 0 Å². The quantitative estimate of drug-likeness (QED) is 0.123. The van der Waals surface area contributed by atoms with Gasteiger partial charge in [-0.25, -0.2) is 0 Å². The topological polar surface area (TPSA) is 163 Å². The van der Waals surface area contributed by atoms with E-state index in [1.54, 1.807) is 0 Å². The molecule has 10 nitrogen and oxygen atoms in total. The van der Waals surface area contributed by atoms with E-state index in [4.69, 9.17) is 10.2 Å². The molecule has 0 heterocycles. The number of hydrogen-bond donors (Lipinski definition) is 7. The molecule has 0 saturated heterocycles. The van der Waals surface area contributed by atoms with Crippen LogP contribution in [0.25, 0.3) is 0 Å². The number of anilines is 1. The van der Waals surface area contributed by atoms with Crippen LogP contribution in [0.15, 0.2) is 0 Å². The van der Waals surface area contributed by atoms with Gasteiger partial charge in [0, 0.05) is 23.7 Å². The lowest BCUT2D eigenvalue weighted by Gasteiger charge is -2.24. The van der Waals surface area contributed by atoms with Crippen LogP contribution in [0.3, 0.4) is 0 Å². The minimum atomic E-state index is -1.12. The van der Waals surface area contributed by atoms with Crippen molar-refractivity contribution in [2.45, 2.75) is 12.2 Å². The van der Waals surface area contributed by atoms with Crippen molar-refractivity contribution in [3.63, 3.8) is 0 Å². The monoisotopic (exact) mass is 749 g/mol. The Kier molecular flexibility index (Phi) is 11.8. The molecule has 0 aliphatic carbocycles. The molecule has 13 heteroatoms. The zero-order chi connectivity index (χ0) is 22.3. The average Bonchev–Trinajstić information content (AvgIpc) is 2.68. The summed E-state index contributed by atoms with van der Waals surface area (Å²) >= 11 is 5.74. The number of rotatable bonds is 10. The van der Waals surface area contributed by atoms with Gasteiger partial charge in [-0.3, -0.25) is 9.59 Å². The van der Waals surface area contributed by atoms with Gasteiger partial charge in [-0.15, -0.1) is 0 Å². The molecular formula is C16H22I3N3O7. The van der Waals surface area contributed by atoms with Crippen molar-refractivity contribution in [2.75, 3.05) is 45.4 Å². The lowest BCUT2D eigenvalue weighted by molar-refractivity contribution is 0.0519. The number of aliphatic hydroxyl groups excluding tert-OH is 5. The molecule has 1 aromatic rings. The number of likely N-dealkylation sites (N-methyl/N-ethyl adjacent to an activating group) is 1. The Morgan fingerprint density at radius 2 is 1.52 bits per heavy atom. The van der Waals surface area contributed by atoms with E-state index >= 15 is 0 Å². The summed E-state index contributed by atoms with van der Waals surface area (Å²) in [7, 11) is 1.46. The Morgan fingerprint density at radius 3 is 2.03 bits per heavy atom. The lowest BCUT2D eigenvalue weighted by atomic mass is 10.1. The molecule has 2 atom stereocenters. The fourth-order valence-electron chi connectivity index (χ4n) is 2.30. The third kappa shape index (κ3) is 6.97. The number of halogens is 3. The predicted octanol–water partition coefficient (Wildman–Crippen LogP) is -0.630. The van der Waals surface area contributed by atoms with Crippen molar-refractivity contribution >= 4 is 85.3 Å². The molecule has 1 rings (SSSR count). The van der Waals surface area contributed by atoms with Crippen molar-refractivity contribution in [3.05, 3.63) is 21.8 Å². The molecule has 0 radical (unpaired) electrons. The summed E-state index contributed by atoms with van der Waals surface area (Å²) in [6, 6.07) is 0. The fraction of sp³-hybridized carbons (Fsp3) is 0.500. The number of carbonyl (C=O) groups excluding carboxylic acids is 2. The van der Waals surface area contributed by atoms with Crippen LogP contribution in [0.5, 0.6) is 0 Å². The summed E-state index contributed by atoms with van der Waals surface area (Å²) in [4.78, 5) is 27.0. The standard InChI is InChI=1S/C16H22I3N3O7/c1-22(3-8(27)5-24)16(29)10-11(17)9(15(28)20-2-7(26)4-23)12(18)14(13(10)19)21-6-25/h7-8,21,23-27H,2-6H2,1H3,(H,20,28). The van der Waals surface area contributed by atoms with Gasteiger partial charge >= 0.3 is 0 Å². The van der Waals surface area contributed by atoms with Gasteiger partial charge in [0.1, 0.15) is 6.73 Å². The lowest BCUT2D eigenvalue weighted by Crippen LogP contribution is -2.38. The number of hydrogen-bond acceptors (Lipinski definition) is 8. The molecule has 2 amide bonds. The number of amides is 2. The van der Waals surface area contributed by atoms with Crippen LogP contribution in [0.1, 0.15) is 20.7 Å². The second-order valence-corrected chi connectivity index (χ2v) is 9.21. The number of aliphatic hydroxyl groups is 5. The van der Waals surface area contributed by atoms with Crippen molar-refractivity contribution in [3.8, 4) is 0 Å². The number of nitrogens with zero attached hydrogens (tertiary/aromatic N) is 1. The Labute approximate surface area is 208 Å². The number of benzene rings is 1. The molecule has 0 fully saturated rings. The van der Waals surface area contributed by atoms with Gasteiger partial charge in [0.05, 0.1) is 49.4 Å². The van der Waals surface area contributed by atoms with Crippen molar-refractivity contribution in [1.82, 2.24) is 10.2 Å². The van der Waals surface area contributed by atoms with E-state index in [1.165, 1.54) is 11.9 Å². The maximum atomic E-state index is 13.0.